The molecule has 0 nitrogen and oxygen atoms in total. The second-order valence-corrected chi connectivity index (χ2v) is 5.37. The van der Waals surface area contributed by atoms with E-state index in [1.807, 2.05) is 0 Å². The molecule has 0 atom stereocenters. The highest BCUT2D eigenvalue weighted by atomic mass is 19.4. The Kier molecular flexibility index (Phi) is 5.71. The average Bonchev–Trinajstić information content (AvgIpc) is 2.38. The Morgan fingerprint density at radius 3 is 0.929 bits per heavy atom. The topological polar surface area (TPSA) is 0 Å². The van der Waals surface area contributed by atoms with Crippen molar-refractivity contribution in [3.8, 4) is 0 Å². The summed E-state index contributed by atoms with van der Waals surface area (Å²) in [6.07, 6.45) is -26.7. The lowest BCUT2D eigenvalue weighted by atomic mass is 9.83. The predicted octanol–water partition coefficient (Wildman–Crippen LogP) is 7.34. The van der Waals surface area contributed by atoms with Crippen LogP contribution in [0.3, 0.4) is 0 Å². The molecule has 0 aliphatic rings. The van der Waals surface area contributed by atoms with Crippen LogP contribution in [0.5, 0.6) is 0 Å². The van der Waals surface area contributed by atoms with Crippen LogP contribution in [0.2, 0.25) is 0 Å². The van der Waals surface area contributed by atoms with Crippen molar-refractivity contribution in [3.63, 3.8) is 0 Å². The molecule has 0 radical (unpaired) electrons. The van der Waals surface area contributed by atoms with Crippen LogP contribution in [-0.2, 0) is 37.3 Å². The summed E-state index contributed by atoms with van der Waals surface area (Å²) in [5, 5.41) is 0. The van der Waals surface area contributed by atoms with Crippen LogP contribution < -0.4 is 0 Å². The van der Waals surface area contributed by atoms with Gasteiger partial charge in [-0.1, -0.05) is 0 Å². The molecule has 0 heterocycles. The van der Waals surface area contributed by atoms with Crippen LogP contribution in [0.15, 0.2) is 0 Å². The molecule has 0 spiro atoms. The molecule has 0 bridgehead atoms. The molecule has 162 valence electrons. The molecule has 1 aromatic rings. The lowest BCUT2D eigenvalue weighted by Gasteiger charge is -2.30. The van der Waals surface area contributed by atoms with Gasteiger partial charge in [0.2, 0.25) is 0 Å². The van der Waals surface area contributed by atoms with Gasteiger partial charge in [0.25, 0.3) is 5.92 Å². The summed E-state index contributed by atoms with van der Waals surface area (Å²) in [4.78, 5) is 0. The Balaban J connectivity index is 4.67. The van der Waals surface area contributed by atoms with Gasteiger partial charge in [-0.05, 0) is 0 Å². The van der Waals surface area contributed by atoms with Gasteiger partial charge in [-0.15, -0.1) is 0 Å². The minimum atomic E-state index is -6.80. The second-order valence-electron chi connectivity index (χ2n) is 5.37. The second kappa shape index (κ2) is 6.61. The van der Waals surface area contributed by atoms with Gasteiger partial charge in [-0.25, -0.2) is 13.2 Å². The molecule has 0 fully saturated rings. The highest BCUT2D eigenvalue weighted by Crippen LogP contribution is 2.56. The van der Waals surface area contributed by atoms with E-state index in [1.54, 1.807) is 0 Å². The van der Waals surface area contributed by atoms with Crippen LogP contribution in [-0.4, -0.2) is 0 Å². The molecule has 0 aliphatic carbocycles. The Morgan fingerprint density at radius 1 is 0.464 bits per heavy atom. The number of hydrogen-bond donors (Lipinski definition) is 0. The molecule has 15 heteroatoms. The minimum absolute atomic E-state index is 0.607. The first kappa shape index (κ1) is 24.2. The van der Waals surface area contributed by atoms with Gasteiger partial charge >= 0.3 is 24.7 Å². The van der Waals surface area contributed by atoms with E-state index in [0.717, 1.165) is 0 Å². The molecule has 0 saturated heterocycles. The zero-order valence-electron chi connectivity index (χ0n) is 12.9. The lowest BCUT2D eigenvalue weighted by molar-refractivity contribution is -0.184. The molecule has 0 saturated carbocycles. The van der Waals surface area contributed by atoms with Gasteiger partial charge in [0.1, 0.15) is 6.67 Å². The number of benzene rings is 1. The number of rotatable bonds is 2. The van der Waals surface area contributed by atoms with Crippen LogP contribution in [0.4, 0.5) is 65.9 Å². The first-order valence-electron chi connectivity index (χ1n) is 6.52. The first-order valence-corrected chi connectivity index (χ1v) is 6.52. The Morgan fingerprint density at radius 2 is 0.714 bits per heavy atom. The first-order chi connectivity index (χ1) is 12.1. The van der Waals surface area contributed by atoms with Crippen molar-refractivity contribution in [2.45, 2.75) is 44.2 Å². The maximum absolute atomic E-state index is 13.6. The summed E-state index contributed by atoms with van der Waals surface area (Å²) < 4.78 is 197. The summed E-state index contributed by atoms with van der Waals surface area (Å²) in [5.41, 5.74) is -21.4. The van der Waals surface area contributed by atoms with Crippen LogP contribution >= 0.6 is 0 Å². The van der Waals surface area contributed by atoms with Gasteiger partial charge in [-0.2, -0.15) is 52.7 Å². The van der Waals surface area contributed by atoms with Crippen molar-refractivity contribution >= 4 is 0 Å². The van der Waals surface area contributed by atoms with Crippen LogP contribution in [0.25, 0.3) is 0 Å². The third-order valence-corrected chi connectivity index (χ3v) is 3.31. The largest absolute Gasteiger partial charge is 0.417 e. The Labute approximate surface area is 144 Å². The third kappa shape index (κ3) is 4.42. The molecular weight excluding hydrogens is 441 g/mol. The van der Waals surface area contributed by atoms with Crippen molar-refractivity contribution in [1.82, 2.24) is 0 Å². The molecule has 0 unspecified atom stereocenters. The maximum Gasteiger partial charge on any atom is 0.417 e. The summed E-state index contributed by atoms with van der Waals surface area (Å²) >= 11 is 0. The molecule has 0 amide bonds. The van der Waals surface area contributed by atoms with Crippen molar-refractivity contribution in [2.75, 3.05) is 0 Å². The maximum atomic E-state index is 13.6. The standard InChI is InChI=1S/C13H5F15/c1-9(15,16)4-3(2-14)5(10(17,18)19)7(12(23,24)25)8(13(26,27)28)6(4)11(20,21)22/h2H2,1H3. The van der Waals surface area contributed by atoms with Crippen molar-refractivity contribution < 1.29 is 65.9 Å². The minimum Gasteiger partial charge on any atom is -0.246 e. The van der Waals surface area contributed by atoms with Crippen molar-refractivity contribution in [3.05, 3.63) is 33.4 Å². The monoisotopic (exact) mass is 446 g/mol. The summed E-state index contributed by atoms with van der Waals surface area (Å²) in [7, 11) is 0. The van der Waals surface area contributed by atoms with Crippen molar-refractivity contribution in [2.24, 2.45) is 0 Å². The van der Waals surface area contributed by atoms with E-state index in [9.17, 15) is 65.9 Å². The van der Waals surface area contributed by atoms with Gasteiger partial charge < -0.3 is 0 Å². The number of alkyl halides is 15. The zero-order chi connectivity index (χ0) is 22.7. The fraction of sp³-hybridized carbons (Fsp3) is 0.538. The highest BCUT2D eigenvalue weighted by molar-refractivity contribution is 5.58. The van der Waals surface area contributed by atoms with Crippen molar-refractivity contribution in [1.29, 1.82) is 0 Å². The molecule has 28 heavy (non-hydrogen) atoms. The van der Waals surface area contributed by atoms with Gasteiger partial charge in [0, 0.05) is 18.1 Å². The SMILES string of the molecule is CC(F)(F)c1c(CF)c(C(F)(F)F)c(C(F)(F)F)c(C(F)(F)F)c1C(F)(F)F. The van der Waals surface area contributed by atoms with E-state index in [-0.39, 0.29) is 0 Å². The predicted molar refractivity (Wildman–Crippen MR) is 60.8 cm³/mol. The lowest BCUT2D eigenvalue weighted by Crippen LogP contribution is -2.33. The molecule has 0 aliphatic heterocycles. The fourth-order valence-corrected chi connectivity index (χ4v) is 2.58. The quantitative estimate of drug-likeness (QED) is 0.417. The molecule has 1 aromatic carbocycles. The van der Waals surface area contributed by atoms with Gasteiger partial charge in [0.05, 0.1) is 22.3 Å². The Bertz CT molecular complexity index is 683. The van der Waals surface area contributed by atoms with Gasteiger partial charge in [-0.3, -0.25) is 0 Å². The van der Waals surface area contributed by atoms with E-state index in [4.69, 9.17) is 0 Å². The summed E-state index contributed by atoms with van der Waals surface area (Å²) in [6, 6.07) is 0. The van der Waals surface area contributed by atoms with E-state index < -0.39 is 77.6 Å². The molecule has 0 aromatic heterocycles. The normalized spacial score (nSPS) is 14.6. The summed E-state index contributed by atoms with van der Waals surface area (Å²) in [5.74, 6) is -5.21. The number of hydrogen-bond acceptors (Lipinski definition) is 0. The third-order valence-electron chi connectivity index (χ3n) is 3.31. The number of halogens is 15. The Hall–Kier alpha value is -1.83. The van der Waals surface area contributed by atoms with E-state index in [1.165, 1.54) is 0 Å². The molecule has 0 N–H and O–H groups in total. The zero-order valence-corrected chi connectivity index (χ0v) is 12.9. The molecule has 1 rings (SSSR count). The fourth-order valence-electron chi connectivity index (χ4n) is 2.58. The summed E-state index contributed by atoms with van der Waals surface area (Å²) in [6.45, 7) is -3.58. The van der Waals surface area contributed by atoms with Crippen LogP contribution in [0, 0.1) is 0 Å². The molecular formula is C13H5F15. The van der Waals surface area contributed by atoms with E-state index in [2.05, 4.69) is 0 Å². The highest BCUT2D eigenvalue weighted by Gasteiger charge is 2.59. The van der Waals surface area contributed by atoms with E-state index in [0.29, 0.717) is 0 Å². The van der Waals surface area contributed by atoms with E-state index >= 15 is 0 Å². The smallest absolute Gasteiger partial charge is 0.246 e. The van der Waals surface area contributed by atoms with Gasteiger partial charge in [0.15, 0.2) is 0 Å². The van der Waals surface area contributed by atoms with Crippen LogP contribution in [0.1, 0.15) is 40.3 Å². The average molecular weight is 446 g/mol.